The molecule has 0 aromatic heterocycles. The van der Waals surface area contributed by atoms with Gasteiger partial charge in [0.1, 0.15) is 0 Å². The van der Waals surface area contributed by atoms with Gasteiger partial charge in [0, 0.05) is 19.5 Å². The zero-order valence-electron chi connectivity index (χ0n) is 14.8. The van der Waals surface area contributed by atoms with Crippen LogP contribution in [0.4, 0.5) is 0 Å². The number of likely N-dealkylation sites (tertiary alicyclic amines) is 1. The zero-order chi connectivity index (χ0) is 16.3. The van der Waals surface area contributed by atoms with Crippen molar-refractivity contribution in [1.29, 1.82) is 0 Å². The zero-order valence-corrected chi connectivity index (χ0v) is 14.8. The molecular weight excluding hydrogens is 276 g/mol. The van der Waals surface area contributed by atoms with Crippen LogP contribution < -0.4 is 5.73 Å². The standard InChI is InChI=1S/C18H34N2O2/c1-13(21)20-11-5-6-16(19)17(20)12-22-15-9-7-14(8-10-15)18(2,3)4/h14-17H,5-12,19H2,1-4H3/t14-,15+,16?,17?. The second-order valence-electron chi connectivity index (χ2n) is 8.26. The van der Waals surface area contributed by atoms with Crippen molar-refractivity contribution in [3.05, 3.63) is 0 Å². The molecule has 0 aromatic rings. The molecule has 2 fully saturated rings. The monoisotopic (exact) mass is 310 g/mol. The molecule has 0 radical (unpaired) electrons. The Bertz CT molecular complexity index is 370. The number of carbonyl (C=O) groups excluding carboxylic acids is 1. The number of amides is 1. The van der Waals surface area contributed by atoms with Crippen molar-refractivity contribution in [2.45, 2.75) is 84.4 Å². The van der Waals surface area contributed by atoms with E-state index in [1.165, 1.54) is 12.8 Å². The molecule has 1 amide bonds. The van der Waals surface area contributed by atoms with Gasteiger partial charge in [-0.05, 0) is 49.9 Å². The number of hydrogen-bond donors (Lipinski definition) is 1. The van der Waals surface area contributed by atoms with Gasteiger partial charge in [-0.3, -0.25) is 4.79 Å². The third kappa shape index (κ3) is 4.45. The van der Waals surface area contributed by atoms with Crippen LogP contribution in [0.1, 0.15) is 66.2 Å². The van der Waals surface area contributed by atoms with Gasteiger partial charge in [0.25, 0.3) is 0 Å². The first-order chi connectivity index (χ1) is 10.3. The van der Waals surface area contributed by atoms with E-state index in [0.29, 0.717) is 18.1 Å². The molecule has 2 N–H and O–H groups in total. The van der Waals surface area contributed by atoms with E-state index in [1.807, 2.05) is 4.90 Å². The summed E-state index contributed by atoms with van der Waals surface area (Å²) in [6, 6.07) is 0.121. The fourth-order valence-corrected chi connectivity index (χ4v) is 4.02. The van der Waals surface area contributed by atoms with Crippen molar-refractivity contribution in [1.82, 2.24) is 4.90 Å². The number of nitrogens with zero attached hydrogens (tertiary/aromatic N) is 1. The second-order valence-corrected chi connectivity index (χ2v) is 8.26. The fraction of sp³-hybridized carbons (Fsp3) is 0.944. The lowest BCUT2D eigenvalue weighted by atomic mass is 9.72. The van der Waals surface area contributed by atoms with Crippen molar-refractivity contribution >= 4 is 5.91 Å². The Kier molecular flexibility index (Phi) is 5.89. The van der Waals surface area contributed by atoms with Crippen molar-refractivity contribution in [3.8, 4) is 0 Å². The molecule has 1 aliphatic carbocycles. The molecule has 4 heteroatoms. The summed E-state index contributed by atoms with van der Waals surface area (Å²) < 4.78 is 6.16. The van der Waals surface area contributed by atoms with Gasteiger partial charge in [-0.15, -0.1) is 0 Å². The van der Waals surface area contributed by atoms with Gasteiger partial charge in [0.05, 0.1) is 18.8 Å². The molecule has 0 aromatic carbocycles. The van der Waals surface area contributed by atoms with Crippen LogP contribution in [-0.4, -0.2) is 42.1 Å². The van der Waals surface area contributed by atoms with Crippen LogP contribution in [0.3, 0.4) is 0 Å². The summed E-state index contributed by atoms with van der Waals surface area (Å²) in [6.45, 7) is 10.1. The number of rotatable bonds is 3. The Morgan fingerprint density at radius 1 is 1.18 bits per heavy atom. The lowest BCUT2D eigenvalue weighted by molar-refractivity contribution is -0.136. The van der Waals surface area contributed by atoms with Crippen molar-refractivity contribution in [2.75, 3.05) is 13.2 Å². The van der Waals surface area contributed by atoms with Gasteiger partial charge in [-0.1, -0.05) is 20.8 Å². The van der Waals surface area contributed by atoms with E-state index in [1.54, 1.807) is 6.92 Å². The summed E-state index contributed by atoms with van der Waals surface area (Å²) in [5, 5.41) is 0. The predicted octanol–water partition coefficient (Wildman–Crippen LogP) is 2.95. The van der Waals surface area contributed by atoms with Gasteiger partial charge < -0.3 is 15.4 Å². The highest BCUT2D eigenvalue weighted by Crippen LogP contribution is 2.38. The molecule has 2 unspecified atom stereocenters. The molecule has 4 nitrogen and oxygen atoms in total. The number of piperidine rings is 1. The maximum atomic E-state index is 11.8. The van der Waals surface area contributed by atoms with Crippen LogP contribution in [0.2, 0.25) is 0 Å². The minimum Gasteiger partial charge on any atom is -0.376 e. The highest BCUT2D eigenvalue weighted by molar-refractivity contribution is 5.73. The normalized spacial score (nSPS) is 33.8. The summed E-state index contributed by atoms with van der Waals surface area (Å²) in [6.07, 6.45) is 7.14. The van der Waals surface area contributed by atoms with Crippen LogP contribution >= 0.6 is 0 Å². The number of hydrogen-bond acceptors (Lipinski definition) is 3. The molecular formula is C18H34N2O2. The predicted molar refractivity (Wildman–Crippen MR) is 89.5 cm³/mol. The van der Waals surface area contributed by atoms with Crippen molar-refractivity contribution in [3.63, 3.8) is 0 Å². The van der Waals surface area contributed by atoms with Crippen LogP contribution in [0.5, 0.6) is 0 Å². The summed E-state index contributed by atoms with van der Waals surface area (Å²) >= 11 is 0. The van der Waals surface area contributed by atoms with E-state index in [4.69, 9.17) is 10.5 Å². The summed E-state index contributed by atoms with van der Waals surface area (Å²) in [7, 11) is 0. The van der Waals surface area contributed by atoms with E-state index in [2.05, 4.69) is 20.8 Å². The Labute approximate surface area is 135 Å². The largest absolute Gasteiger partial charge is 0.376 e. The quantitative estimate of drug-likeness (QED) is 0.872. The highest BCUT2D eigenvalue weighted by atomic mass is 16.5. The summed E-state index contributed by atoms with van der Waals surface area (Å²) in [5.41, 5.74) is 6.63. The molecule has 128 valence electrons. The Morgan fingerprint density at radius 3 is 2.36 bits per heavy atom. The SMILES string of the molecule is CC(=O)N1CCCC(N)C1CO[C@H]1CC[C@@H](C(C)(C)C)CC1. The fourth-order valence-electron chi connectivity index (χ4n) is 4.02. The molecule has 1 aliphatic heterocycles. The molecule has 22 heavy (non-hydrogen) atoms. The van der Waals surface area contributed by atoms with E-state index in [0.717, 1.165) is 38.1 Å². The van der Waals surface area contributed by atoms with E-state index in [9.17, 15) is 4.79 Å². The first-order valence-corrected chi connectivity index (χ1v) is 8.93. The van der Waals surface area contributed by atoms with E-state index in [-0.39, 0.29) is 18.0 Å². The van der Waals surface area contributed by atoms with Crippen molar-refractivity contribution < 1.29 is 9.53 Å². The highest BCUT2D eigenvalue weighted by Gasteiger charge is 2.33. The second kappa shape index (κ2) is 7.31. The maximum absolute atomic E-state index is 11.8. The van der Waals surface area contributed by atoms with E-state index < -0.39 is 0 Å². The maximum Gasteiger partial charge on any atom is 0.219 e. The molecule has 0 spiro atoms. The lowest BCUT2D eigenvalue weighted by Crippen LogP contribution is -2.56. The Balaban J connectivity index is 1.81. The van der Waals surface area contributed by atoms with Gasteiger partial charge >= 0.3 is 0 Å². The van der Waals surface area contributed by atoms with Crippen LogP contribution in [0.25, 0.3) is 0 Å². The third-order valence-corrected chi connectivity index (χ3v) is 5.64. The molecule has 2 rings (SSSR count). The Morgan fingerprint density at radius 2 is 1.82 bits per heavy atom. The first-order valence-electron chi connectivity index (χ1n) is 8.93. The molecule has 2 atom stereocenters. The minimum atomic E-state index is 0.0589. The van der Waals surface area contributed by atoms with E-state index >= 15 is 0 Å². The van der Waals surface area contributed by atoms with Crippen molar-refractivity contribution in [2.24, 2.45) is 17.1 Å². The summed E-state index contributed by atoms with van der Waals surface area (Å²) in [4.78, 5) is 13.7. The average Bonchev–Trinajstić information content (AvgIpc) is 2.45. The molecule has 1 heterocycles. The Hall–Kier alpha value is -0.610. The average molecular weight is 310 g/mol. The van der Waals surface area contributed by atoms with Crippen LogP contribution in [0.15, 0.2) is 0 Å². The van der Waals surface area contributed by atoms with Gasteiger partial charge in [0.2, 0.25) is 5.91 Å². The van der Waals surface area contributed by atoms with Gasteiger partial charge in [0.15, 0.2) is 0 Å². The van der Waals surface area contributed by atoms with Crippen LogP contribution in [0, 0.1) is 11.3 Å². The molecule has 1 saturated heterocycles. The molecule has 0 bridgehead atoms. The van der Waals surface area contributed by atoms with Gasteiger partial charge in [-0.25, -0.2) is 0 Å². The molecule has 2 aliphatic rings. The number of nitrogens with two attached hydrogens (primary N) is 1. The number of carbonyl (C=O) groups is 1. The van der Waals surface area contributed by atoms with Gasteiger partial charge in [-0.2, -0.15) is 0 Å². The smallest absolute Gasteiger partial charge is 0.219 e. The first kappa shape index (κ1) is 17.7. The minimum absolute atomic E-state index is 0.0589. The lowest BCUT2D eigenvalue weighted by Gasteiger charge is -2.41. The van der Waals surface area contributed by atoms with Crippen LogP contribution in [-0.2, 0) is 9.53 Å². The summed E-state index contributed by atoms with van der Waals surface area (Å²) in [5.74, 6) is 0.929. The topological polar surface area (TPSA) is 55.6 Å². The molecule has 1 saturated carbocycles. The third-order valence-electron chi connectivity index (χ3n) is 5.64. The number of ether oxygens (including phenoxy) is 1.